The van der Waals surface area contributed by atoms with E-state index in [1.807, 2.05) is 6.07 Å². The molecule has 0 aliphatic carbocycles. The van der Waals surface area contributed by atoms with E-state index in [1.165, 1.54) is 0 Å². The number of hydrogen-bond acceptors (Lipinski definition) is 6. The molecule has 1 aromatic rings. The molecule has 106 valence electrons. The maximum absolute atomic E-state index is 12.6. The third kappa shape index (κ3) is 2.25. The monoisotopic (exact) mass is 282 g/mol. The summed E-state index contributed by atoms with van der Waals surface area (Å²) in [5.41, 5.74) is -1.06. The molecule has 6 nitrogen and oxygen atoms in total. The van der Waals surface area contributed by atoms with Gasteiger partial charge in [0.1, 0.15) is 17.8 Å². The Morgan fingerprint density at radius 1 is 1.19 bits per heavy atom. The number of esters is 1. The van der Waals surface area contributed by atoms with Gasteiger partial charge in [-0.3, -0.25) is 9.80 Å². The van der Waals surface area contributed by atoms with Crippen molar-refractivity contribution in [3.63, 3.8) is 0 Å². The van der Waals surface area contributed by atoms with E-state index < -0.39 is 11.6 Å². The van der Waals surface area contributed by atoms with Crippen molar-refractivity contribution in [2.45, 2.75) is 24.7 Å². The van der Waals surface area contributed by atoms with Crippen molar-refractivity contribution in [3.05, 3.63) is 30.3 Å². The van der Waals surface area contributed by atoms with Crippen LogP contribution in [-0.2, 0) is 4.79 Å². The van der Waals surface area contributed by atoms with Crippen molar-refractivity contribution in [2.24, 2.45) is 0 Å². The van der Waals surface area contributed by atoms with Crippen molar-refractivity contribution in [1.29, 1.82) is 10.5 Å². The number of nitrogens with zero attached hydrogens (tertiary/aromatic N) is 4. The van der Waals surface area contributed by atoms with E-state index in [1.54, 1.807) is 41.0 Å². The van der Waals surface area contributed by atoms with Gasteiger partial charge in [-0.05, 0) is 19.1 Å². The molecule has 1 aromatic carbocycles. The van der Waals surface area contributed by atoms with Gasteiger partial charge in [-0.1, -0.05) is 18.2 Å². The van der Waals surface area contributed by atoms with E-state index >= 15 is 0 Å². The van der Waals surface area contributed by atoms with E-state index in [9.17, 15) is 4.79 Å². The number of nitriles is 2. The highest BCUT2D eigenvalue weighted by Crippen LogP contribution is 2.40. The van der Waals surface area contributed by atoms with E-state index in [2.05, 4.69) is 12.1 Å². The van der Waals surface area contributed by atoms with Crippen LogP contribution in [0.4, 0.5) is 0 Å². The quantitative estimate of drug-likeness (QED) is 0.460. The van der Waals surface area contributed by atoms with Crippen LogP contribution < -0.4 is 4.74 Å². The predicted molar refractivity (Wildman–Crippen MR) is 72.7 cm³/mol. The Balaban J connectivity index is 1.82. The number of ether oxygens (including phenoxy) is 1. The highest BCUT2D eigenvalue weighted by molar-refractivity contribution is 5.83. The zero-order valence-corrected chi connectivity index (χ0v) is 11.6. The SMILES string of the molecule is CC(C(=O)Oc1ccccc1)(N1CC1C#N)N1CC1C#N. The van der Waals surface area contributed by atoms with Crippen LogP contribution >= 0.6 is 0 Å². The number of hydrogen-bond donors (Lipinski definition) is 0. The highest BCUT2D eigenvalue weighted by Gasteiger charge is 2.62. The van der Waals surface area contributed by atoms with Gasteiger partial charge < -0.3 is 4.74 Å². The Morgan fingerprint density at radius 3 is 2.14 bits per heavy atom. The van der Waals surface area contributed by atoms with Crippen molar-refractivity contribution in [3.8, 4) is 17.9 Å². The van der Waals surface area contributed by atoms with Crippen LogP contribution in [0, 0.1) is 22.7 Å². The lowest BCUT2D eigenvalue weighted by Gasteiger charge is -2.30. The molecule has 0 N–H and O–H groups in total. The zero-order chi connectivity index (χ0) is 15.0. The zero-order valence-electron chi connectivity index (χ0n) is 11.6. The topological polar surface area (TPSA) is 79.9 Å². The standard InChI is InChI=1S/C15H14N4O2/c1-15(18-9-11(18)7-16,19-10-12(19)8-17)14(20)21-13-5-3-2-4-6-13/h2-6,11-12H,9-10H2,1H3. The minimum absolute atomic E-state index is 0.293. The van der Waals surface area contributed by atoms with Crippen molar-refractivity contribution in [2.75, 3.05) is 13.1 Å². The third-order valence-electron chi connectivity index (χ3n) is 3.98. The molecule has 3 rings (SSSR count). The van der Waals surface area contributed by atoms with Gasteiger partial charge >= 0.3 is 5.97 Å². The number of rotatable bonds is 4. The maximum Gasteiger partial charge on any atom is 0.347 e. The second-order valence-electron chi connectivity index (χ2n) is 5.32. The van der Waals surface area contributed by atoms with E-state index in [0.29, 0.717) is 18.8 Å². The summed E-state index contributed by atoms with van der Waals surface area (Å²) in [4.78, 5) is 16.1. The Labute approximate surface area is 122 Å². The molecular weight excluding hydrogens is 268 g/mol. The van der Waals surface area contributed by atoms with Gasteiger partial charge in [-0.25, -0.2) is 4.79 Å². The average molecular weight is 282 g/mol. The molecule has 0 aromatic heterocycles. The van der Waals surface area contributed by atoms with Crippen LogP contribution in [0.2, 0.25) is 0 Å². The number of benzene rings is 1. The summed E-state index contributed by atoms with van der Waals surface area (Å²) in [5, 5.41) is 18.0. The van der Waals surface area contributed by atoms with Gasteiger partial charge in [-0.15, -0.1) is 0 Å². The fourth-order valence-electron chi connectivity index (χ4n) is 2.55. The first-order valence-corrected chi connectivity index (χ1v) is 6.71. The van der Waals surface area contributed by atoms with Crippen LogP contribution in [0.15, 0.2) is 30.3 Å². The summed E-state index contributed by atoms with van der Waals surface area (Å²) in [6.07, 6.45) is 0. The summed E-state index contributed by atoms with van der Waals surface area (Å²) >= 11 is 0. The molecular formula is C15H14N4O2. The summed E-state index contributed by atoms with van der Waals surface area (Å²) in [6.45, 7) is 2.75. The molecule has 0 amide bonds. The molecule has 2 aliphatic heterocycles. The lowest BCUT2D eigenvalue weighted by atomic mass is 10.2. The summed E-state index contributed by atoms with van der Waals surface area (Å²) in [7, 11) is 0. The predicted octanol–water partition coefficient (Wildman–Crippen LogP) is 0.724. The van der Waals surface area contributed by atoms with E-state index in [-0.39, 0.29) is 12.1 Å². The molecule has 0 saturated carbocycles. The van der Waals surface area contributed by atoms with Gasteiger partial charge in [0.2, 0.25) is 0 Å². The first kappa shape index (κ1) is 13.6. The molecule has 21 heavy (non-hydrogen) atoms. The number of carbonyl (C=O) groups is 1. The average Bonchev–Trinajstić information content (AvgIpc) is 3.39. The smallest absolute Gasteiger partial charge is 0.347 e. The molecule has 0 bridgehead atoms. The fraction of sp³-hybridized carbons (Fsp3) is 0.400. The van der Waals surface area contributed by atoms with E-state index in [4.69, 9.17) is 15.3 Å². The van der Waals surface area contributed by atoms with Crippen LogP contribution in [0.1, 0.15) is 6.92 Å². The molecule has 0 radical (unpaired) electrons. The van der Waals surface area contributed by atoms with Crippen molar-refractivity contribution < 1.29 is 9.53 Å². The van der Waals surface area contributed by atoms with Crippen LogP contribution in [0.3, 0.4) is 0 Å². The normalized spacial score (nSPS) is 32.1. The van der Waals surface area contributed by atoms with Crippen LogP contribution in [0.5, 0.6) is 5.75 Å². The molecule has 2 saturated heterocycles. The molecule has 2 aliphatic rings. The highest BCUT2D eigenvalue weighted by atomic mass is 16.5. The Hall–Kier alpha value is -2.41. The van der Waals surface area contributed by atoms with Gasteiger partial charge in [0.25, 0.3) is 0 Å². The molecule has 0 spiro atoms. The molecule has 4 atom stereocenters. The summed E-state index contributed by atoms with van der Waals surface area (Å²) in [6, 6.07) is 12.5. The van der Waals surface area contributed by atoms with Crippen molar-refractivity contribution >= 4 is 5.97 Å². The molecule has 4 unspecified atom stereocenters. The van der Waals surface area contributed by atoms with Crippen molar-refractivity contribution in [1.82, 2.24) is 9.80 Å². The summed E-state index contributed by atoms with van der Waals surface area (Å²) < 4.78 is 5.43. The summed E-state index contributed by atoms with van der Waals surface area (Å²) in [5.74, 6) is 0.00337. The third-order valence-corrected chi connectivity index (χ3v) is 3.98. The largest absolute Gasteiger partial charge is 0.424 e. The lowest BCUT2D eigenvalue weighted by molar-refractivity contribution is -0.150. The minimum Gasteiger partial charge on any atom is -0.424 e. The molecule has 6 heteroatoms. The molecule has 2 heterocycles. The van der Waals surface area contributed by atoms with Gasteiger partial charge in [0.05, 0.1) is 12.1 Å². The second-order valence-corrected chi connectivity index (χ2v) is 5.32. The van der Waals surface area contributed by atoms with Crippen LogP contribution in [0.25, 0.3) is 0 Å². The van der Waals surface area contributed by atoms with Crippen LogP contribution in [-0.4, -0.2) is 46.6 Å². The fourth-order valence-corrected chi connectivity index (χ4v) is 2.55. The number of carbonyl (C=O) groups excluding carboxylic acids is 1. The maximum atomic E-state index is 12.6. The first-order valence-electron chi connectivity index (χ1n) is 6.71. The van der Waals surface area contributed by atoms with Gasteiger partial charge in [0.15, 0.2) is 5.66 Å². The Kier molecular flexibility index (Phi) is 3.13. The van der Waals surface area contributed by atoms with E-state index in [0.717, 1.165) is 0 Å². The Morgan fingerprint density at radius 2 is 1.71 bits per heavy atom. The lowest BCUT2D eigenvalue weighted by Crippen LogP contribution is -2.53. The van der Waals surface area contributed by atoms with Gasteiger partial charge in [-0.2, -0.15) is 10.5 Å². The second kappa shape index (κ2) is 4.85. The minimum atomic E-state index is -1.06. The Bertz CT molecular complexity index is 618. The molecule has 2 fully saturated rings. The first-order chi connectivity index (χ1) is 10.1. The number of para-hydroxylation sites is 1. The van der Waals surface area contributed by atoms with Gasteiger partial charge in [0, 0.05) is 13.1 Å².